The van der Waals surface area contributed by atoms with E-state index < -0.39 is 16.0 Å². The Balaban J connectivity index is 1.59. The minimum Gasteiger partial charge on any atom is -0.491 e. The highest BCUT2D eigenvalue weighted by Crippen LogP contribution is 2.37. The van der Waals surface area contributed by atoms with Gasteiger partial charge >= 0.3 is 5.97 Å². The van der Waals surface area contributed by atoms with E-state index in [1.807, 2.05) is 38.2 Å². The van der Waals surface area contributed by atoms with Crippen LogP contribution in [0.3, 0.4) is 0 Å². The summed E-state index contributed by atoms with van der Waals surface area (Å²) in [7, 11) is -3.63. The molecule has 1 aromatic heterocycles. The molecule has 0 bridgehead atoms. The van der Waals surface area contributed by atoms with Gasteiger partial charge in [-0.25, -0.2) is 8.42 Å². The van der Waals surface area contributed by atoms with Gasteiger partial charge in [0.1, 0.15) is 12.3 Å². The van der Waals surface area contributed by atoms with Gasteiger partial charge in [-0.15, -0.1) is 0 Å². The number of carbonyl (C=O) groups is 1. The third kappa shape index (κ3) is 4.55. The van der Waals surface area contributed by atoms with Crippen LogP contribution in [0.4, 0.5) is 0 Å². The van der Waals surface area contributed by atoms with Gasteiger partial charge in [0.25, 0.3) is 0 Å². The van der Waals surface area contributed by atoms with Crippen LogP contribution in [-0.4, -0.2) is 47.6 Å². The lowest BCUT2D eigenvalue weighted by molar-refractivity contribution is -0.137. The third-order valence-corrected chi connectivity index (χ3v) is 7.98. The van der Waals surface area contributed by atoms with E-state index >= 15 is 0 Å². The van der Waals surface area contributed by atoms with Crippen molar-refractivity contribution < 1.29 is 23.1 Å². The van der Waals surface area contributed by atoms with Crippen LogP contribution < -0.4 is 4.74 Å². The van der Waals surface area contributed by atoms with Crippen LogP contribution >= 0.6 is 15.9 Å². The number of hydrogen-bond acceptors (Lipinski definition) is 4. The average Bonchev–Trinajstić information content (AvgIpc) is 3.33. The molecule has 1 saturated heterocycles. The van der Waals surface area contributed by atoms with Crippen molar-refractivity contribution in [3.05, 3.63) is 58.7 Å². The van der Waals surface area contributed by atoms with Crippen LogP contribution in [-0.2, 0) is 21.4 Å². The van der Waals surface area contributed by atoms with Crippen molar-refractivity contribution in [1.82, 2.24) is 8.87 Å². The fourth-order valence-electron chi connectivity index (χ4n) is 4.21. The Morgan fingerprint density at radius 3 is 2.59 bits per heavy atom. The van der Waals surface area contributed by atoms with Crippen LogP contribution in [0.2, 0.25) is 0 Å². The van der Waals surface area contributed by atoms with E-state index in [0.29, 0.717) is 25.3 Å². The molecule has 1 aliphatic heterocycles. The number of fused-ring (bicyclic) bond motifs is 1. The number of nitrogens with zero attached hydrogens (tertiary/aromatic N) is 2. The van der Waals surface area contributed by atoms with Gasteiger partial charge in [0, 0.05) is 40.6 Å². The quantitative estimate of drug-likeness (QED) is 0.496. The highest BCUT2D eigenvalue weighted by molar-refractivity contribution is 9.10. The topological polar surface area (TPSA) is 88.8 Å². The van der Waals surface area contributed by atoms with Gasteiger partial charge in [0.2, 0.25) is 10.0 Å². The largest absolute Gasteiger partial charge is 0.491 e. The first-order valence-corrected chi connectivity index (χ1v) is 12.7. The maximum absolute atomic E-state index is 13.2. The van der Waals surface area contributed by atoms with Crippen molar-refractivity contribution >= 4 is 42.8 Å². The van der Waals surface area contributed by atoms with Crippen molar-refractivity contribution in [1.29, 1.82) is 0 Å². The molecule has 2 aromatic carbocycles. The highest BCUT2D eigenvalue weighted by Gasteiger charge is 2.34. The maximum Gasteiger partial charge on any atom is 0.323 e. The van der Waals surface area contributed by atoms with Gasteiger partial charge in [0.05, 0.1) is 11.0 Å². The number of hydrogen-bond donors (Lipinski definition) is 1. The van der Waals surface area contributed by atoms with Gasteiger partial charge in [-0.2, -0.15) is 4.31 Å². The van der Waals surface area contributed by atoms with Crippen LogP contribution in [0.25, 0.3) is 10.9 Å². The number of halogens is 1. The molecule has 32 heavy (non-hydrogen) atoms. The lowest BCUT2D eigenvalue weighted by Gasteiger charge is -2.17. The number of aliphatic carboxylic acids is 1. The summed E-state index contributed by atoms with van der Waals surface area (Å²) in [6, 6.07) is 12.3. The van der Waals surface area contributed by atoms with E-state index in [0.717, 1.165) is 20.9 Å². The molecule has 0 spiro atoms. The number of carboxylic acid groups (broad SMARTS) is 1. The molecule has 1 N–H and O–H groups in total. The molecular weight excluding hydrogens is 496 g/mol. The molecule has 0 saturated carbocycles. The number of rotatable bonds is 7. The molecule has 7 nitrogen and oxygen atoms in total. The van der Waals surface area contributed by atoms with E-state index in [4.69, 9.17) is 4.74 Å². The summed E-state index contributed by atoms with van der Waals surface area (Å²) in [4.78, 5) is 11.6. The maximum atomic E-state index is 13.2. The molecule has 0 radical (unpaired) electrons. The smallest absolute Gasteiger partial charge is 0.323 e. The second-order valence-corrected chi connectivity index (χ2v) is 11.1. The van der Waals surface area contributed by atoms with Crippen molar-refractivity contribution in [2.24, 2.45) is 0 Å². The summed E-state index contributed by atoms with van der Waals surface area (Å²) in [6.07, 6.45) is 2.54. The van der Waals surface area contributed by atoms with Gasteiger partial charge < -0.3 is 14.4 Å². The average molecular weight is 521 g/mol. The Morgan fingerprint density at radius 2 is 1.94 bits per heavy atom. The standard InChI is InChI=1S/C23H25BrN2O5S/c1-15(2)31-18-4-6-19(7-5-18)32(29,30)26-10-9-16(12-26)21-13-25(14-23(27)28)22-11-17(24)3-8-20(21)22/h3-8,11,13,15-16H,9-10,12,14H2,1-2H3,(H,27,28). The third-order valence-electron chi connectivity index (χ3n) is 5.60. The first kappa shape index (κ1) is 22.8. The van der Waals surface area contributed by atoms with Crippen molar-refractivity contribution in [3.8, 4) is 5.75 Å². The zero-order valence-electron chi connectivity index (χ0n) is 17.9. The minimum absolute atomic E-state index is 0.00737. The number of benzene rings is 2. The molecule has 2 heterocycles. The molecule has 0 amide bonds. The molecular formula is C23H25BrN2O5S. The summed E-state index contributed by atoms with van der Waals surface area (Å²) < 4.78 is 36.1. The fraction of sp³-hybridized carbons (Fsp3) is 0.348. The molecule has 0 aliphatic carbocycles. The van der Waals surface area contributed by atoms with E-state index in [1.54, 1.807) is 28.8 Å². The lowest BCUT2D eigenvalue weighted by atomic mass is 9.98. The first-order chi connectivity index (χ1) is 15.1. The van der Waals surface area contributed by atoms with E-state index in [2.05, 4.69) is 15.9 Å². The molecule has 9 heteroatoms. The summed E-state index contributed by atoms with van der Waals surface area (Å²) >= 11 is 3.45. The monoisotopic (exact) mass is 520 g/mol. The normalized spacial score (nSPS) is 17.3. The van der Waals surface area contributed by atoms with Crippen LogP contribution in [0.1, 0.15) is 31.7 Å². The molecule has 1 atom stereocenters. The van der Waals surface area contributed by atoms with Gasteiger partial charge in [0.15, 0.2) is 0 Å². The van der Waals surface area contributed by atoms with Crippen molar-refractivity contribution in [2.75, 3.05) is 13.1 Å². The van der Waals surface area contributed by atoms with Crippen molar-refractivity contribution in [2.45, 2.75) is 43.7 Å². The molecule has 1 aliphatic rings. The summed E-state index contributed by atoms with van der Waals surface area (Å²) in [6.45, 7) is 4.46. The lowest BCUT2D eigenvalue weighted by Crippen LogP contribution is -2.28. The summed E-state index contributed by atoms with van der Waals surface area (Å²) in [5.74, 6) is -0.295. The highest BCUT2D eigenvalue weighted by atomic mass is 79.9. The predicted molar refractivity (Wildman–Crippen MR) is 126 cm³/mol. The van der Waals surface area contributed by atoms with E-state index in [1.165, 1.54) is 4.31 Å². The Morgan fingerprint density at radius 1 is 1.22 bits per heavy atom. The minimum atomic E-state index is -3.63. The van der Waals surface area contributed by atoms with E-state index in [9.17, 15) is 18.3 Å². The summed E-state index contributed by atoms with van der Waals surface area (Å²) in [5, 5.41) is 10.2. The molecule has 1 fully saturated rings. The molecule has 1 unspecified atom stereocenters. The van der Waals surface area contributed by atoms with Gasteiger partial charge in [-0.1, -0.05) is 22.0 Å². The van der Waals surface area contributed by atoms with E-state index in [-0.39, 0.29) is 23.5 Å². The number of carboxylic acids is 1. The first-order valence-electron chi connectivity index (χ1n) is 10.4. The van der Waals surface area contributed by atoms with Crippen LogP contribution in [0.15, 0.2) is 58.0 Å². The zero-order chi connectivity index (χ0) is 23.0. The Hall–Kier alpha value is -2.36. The Labute approximate surface area is 195 Å². The number of ether oxygens (including phenoxy) is 1. The predicted octanol–water partition coefficient (Wildman–Crippen LogP) is 4.45. The zero-order valence-corrected chi connectivity index (χ0v) is 20.3. The SMILES string of the molecule is CC(C)Oc1ccc(S(=O)(=O)N2CCC(c3cn(CC(=O)O)c4cc(Br)ccc34)C2)cc1. The van der Waals surface area contributed by atoms with Gasteiger partial charge in [-0.3, -0.25) is 4.79 Å². The van der Waals surface area contributed by atoms with Crippen molar-refractivity contribution in [3.63, 3.8) is 0 Å². The summed E-state index contributed by atoms with van der Waals surface area (Å²) in [5.41, 5.74) is 1.80. The molecule has 170 valence electrons. The molecule has 4 rings (SSSR count). The Bertz CT molecular complexity index is 1250. The second kappa shape index (κ2) is 8.88. The number of sulfonamides is 1. The van der Waals surface area contributed by atoms with Gasteiger partial charge in [-0.05, 0) is 62.2 Å². The fourth-order valence-corrected chi connectivity index (χ4v) is 6.06. The Kier molecular flexibility index (Phi) is 6.33. The van der Waals surface area contributed by atoms with Crippen LogP contribution in [0, 0.1) is 0 Å². The second-order valence-electron chi connectivity index (χ2n) is 8.25. The molecule has 3 aromatic rings. The number of aromatic nitrogens is 1. The van der Waals surface area contributed by atoms with Crippen LogP contribution in [0.5, 0.6) is 5.75 Å².